The molecular weight excluding hydrogens is 321 g/mol. The molecule has 1 amide bonds. The lowest BCUT2D eigenvalue weighted by atomic mass is 10.1. The summed E-state index contributed by atoms with van der Waals surface area (Å²) in [5, 5.41) is 2.22. The number of ether oxygens (including phenoxy) is 2. The Labute approximate surface area is 119 Å². The summed E-state index contributed by atoms with van der Waals surface area (Å²) in [5.74, 6) is 0.587. The maximum atomic E-state index is 11.4. The van der Waals surface area contributed by atoms with Crippen molar-refractivity contribution in [3.05, 3.63) is 27.7 Å². The van der Waals surface area contributed by atoms with Gasteiger partial charge in [0.25, 0.3) is 0 Å². The molecule has 98 valence electrons. The average molecular weight is 335 g/mol. The molecule has 2 rings (SSSR count). The summed E-state index contributed by atoms with van der Waals surface area (Å²) in [6.07, 6.45) is 0. The summed E-state index contributed by atoms with van der Waals surface area (Å²) < 4.78 is 11.6. The van der Waals surface area contributed by atoms with Crippen LogP contribution in [0.3, 0.4) is 0 Å². The third-order valence-electron chi connectivity index (χ3n) is 2.57. The molecule has 0 aliphatic carbocycles. The van der Waals surface area contributed by atoms with Gasteiger partial charge in [-0.2, -0.15) is 0 Å². The number of amides is 1. The zero-order chi connectivity index (χ0) is 13.1. The Morgan fingerprint density at radius 3 is 3.11 bits per heavy atom. The van der Waals surface area contributed by atoms with Gasteiger partial charge in [0.05, 0.1) is 6.61 Å². The summed E-state index contributed by atoms with van der Waals surface area (Å²) in [7, 11) is 0. The van der Waals surface area contributed by atoms with Gasteiger partial charge in [0.2, 0.25) is 5.91 Å². The predicted molar refractivity (Wildman–Crippen MR) is 71.6 cm³/mol. The van der Waals surface area contributed by atoms with Gasteiger partial charge in [-0.15, -0.1) is 11.6 Å². The first-order valence-electron chi connectivity index (χ1n) is 5.51. The average Bonchev–Trinajstić information content (AvgIpc) is 2.35. The number of hydrogen-bond donors (Lipinski definition) is 1. The van der Waals surface area contributed by atoms with E-state index in [-0.39, 0.29) is 12.7 Å². The second-order valence-corrected chi connectivity index (χ2v) is 5.57. The summed E-state index contributed by atoms with van der Waals surface area (Å²) in [5.41, 5.74) is 1.88. The van der Waals surface area contributed by atoms with Crippen LogP contribution in [0, 0.1) is 0 Å². The molecule has 0 spiro atoms. The largest absolute Gasteiger partial charge is 0.467 e. The first-order chi connectivity index (χ1) is 8.58. The Balaban J connectivity index is 2.17. The van der Waals surface area contributed by atoms with Crippen molar-refractivity contribution >= 4 is 33.4 Å². The number of benzene rings is 1. The van der Waals surface area contributed by atoms with E-state index in [1.807, 2.05) is 12.1 Å². The minimum atomic E-state index is -0.544. The van der Waals surface area contributed by atoms with Gasteiger partial charge in [-0.05, 0) is 19.1 Å². The van der Waals surface area contributed by atoms with Crippen LogP contribution in [0.5, 0.6) is 5.75 Å². The fourth-order valence-corrected chi connectivity index (χ4v) is 2.34. The Bertz CT molecular complexity index is 465. The van der Waals surface area contributed by atoms with Crippen molar-refractivity contribution < 1.29 is 14.3 Å². The molecule has 0 aromatic heterocycles. The first kappa shape index (κ1) is 13.6. The molecule has 0 radical (unpaired) electrons. The zero-order valence-electron chi connectivity index (χ0n) is 9.83. The van der Waals surface area contributed by atoms with Gasteiger partial charge in [-0.1, -0.05) is 15.9 Å². The van der Waals surface area contributed by atoms with Crippen LogP contribution in [0.1, 0.15) is 18.1 Å². The smallest absolute Gasteiger partial charge is 0.238 e. The molecule has 0 fully saturated rings. The lowest BCUT2D eigenvalue weighted by Gasteiger charge is -2.21. The third-order valence-corrected chi connectivity index (χ3v) is 3.22. The molecule has 1 N–H and O–H groups in total. The molecule has 1 heterocycles. The van der Waals surface area contributed by atoms with Crippen molar-refractivity contribution in [2.75, 3.05) is 6.79 Å². The lowest BCUT2D eigenvalue weighted by Crippen LogP contribution is -2.29. The summed E-state index contributed by atoms with van der Waals surface area (Å²) in [6.45, 7) is 2.78. The molecule has 4 nitrogen and oxygen atoms in total. The molecule has 1 aliphatic rings. The second kappa shape index (κ2) is 5.91. The van der Waals surface area contributed by atoms with Crippen LogP contribution in [0.4, 0.5) is 0 Å². The summed E-state index contributed by atoms with van der Waals surface area (Å²) >= 11 is 9.12. The van der Waals surface area contributed by atoms with E-state index in [1.165, 1.54) is 0 Å². The Hall–Kier alpha value is -0.780. The van der Waals surface area contributed by atoms with Gasteiger partial charge in [0, 0.05) is 22.1 Å². The molecule has 1 unspecified atom stereocenters. The van der Waals surface area contributed by atoms with Crippen LogP contribution in [0.2, 0.25) is 0 Å². The number of nitrogens with one attached hydrogen (secondary N) is 1. The quantitative estimate of drug-likeness (QED) is 0.864. The number of carbonyl (C=O) groups is 1. The monoisotopic (exact) mass is 333 g/mol. The molecule has 0 saturated heterocycles. The highest BCUT2D eigenvalue weighted by Gasteiger charge is 2.17. The van der Waals surface area contributed by atoms with Crippen molar-refractivity contribution in [2.24, 2.45) is 0 Å². The fraction of sp³-hybridized carbons (Fsp3) is 0.417. The number of rotatable bonds is 3. The van der Waals surface area contributed by atoms with E-state index in [9.17, 15) is 4.79 Å². The van der Waals surface area contributed by atoms with E-state index in [0.29, 0.717) is 13.2 Å². The van der Waals surface area contributed by atoms with Gasteiger partial charge in [-0.25, -0.2) is 0 Å². The van der Waals surface area contributed by atoms with E-state index in [4.69, 9.17) is 21.1 Å². The van der Waals surface area contributed by atoms with E-state index < -0.39 is 5.38 Å². The van der Waals surface area contributed by atoms with Crippen LogP contribution in [-0.2, 0) is 22.7 Å². The third kappa shape index (κ3) is 3.16. The molecular formula is C12H13BrClNO3. The standard InChI is InChI=1S/C12H13BrClNO3/c1-7(14)12(16)15-4-8-2-10(13)3-9-5-17-6-18-11(8)9/h2-3,7H,4-6H2,1H3,(H,15,16). The van der Waals surface area contributed by atoms with Gasteiger partial charge >= 0.3 is 0 Å². The number of carbonyl (C=O) groups excluding carboxylic acids is 1. The van der Waals surface area contributed by atoms with Crippen molar-refractivity contribution in [1.82, 2.24) is 5.32 Å². The number of fused-ring (bicyclic) bond motifs is 1. The van der Waals surface area contributed by atoms with Crippen LogP contribution in [-0.4, -0.2) is 18.1 Å². The molecule has 1 aromatic carbocycles. The van der Waals surface area contributed by atoms with E-state index in [0.717, 1.165) is 21.3 Å². The highest BCUT2D eigenvalue weighted by Crippen LogP contribution is 2.31. The molecule has 0 saturated carbocycles. The van der Waals surface area contributed by atoms with Gasteiger partial charge < -0.3 is 14.8 Å². The number of hydrogen-bond acceptors (Lipinski definition) is 3. The normalized spacial score (nSPS) is 15.5. The second-order valence-electron chi connectivity index (χ2n) is 4.00. The van der Waals surface area contributed by atoms with Crippen LogP contribution in [0.25, 0.3) is 0 Å². The molecule has 1 aliphatic heterocycles. The molecule has 18 heavy (non-hydrogen) atoms. The molecule has 6 heteroatoms. The first-order valence-corrected chi connectivity index (χ1v) is 6.74. The van der Waals surface area contributed by atoms with Gasteiger partial charge in [0.1, 0.15) is 11.1 Å². The van der Waals surface area contributed by atoms with E-state index in [2.05, 4.69) is 21.2 Å². The van der Waals surface area contributed by atoms with Crippen molar-refractivity contribution in [1.29, 1.82) is 0 Å². The maximum Gasteiger partial charge on any atom is 0.238 e. The zero-order valence-corrected chi connectivity index (χ0v) is 12.2. The van der Waals surface area contributed by atoms with Crippen molar-refractivity contribution in [2.45, 2.75) is 25.5 Å². The minimum Gasteiger partial charge on any atom is -0.467 e. The highest BCUT2D eigenvalue weighted by molar-refractivity contribution is 9.10. The van der Waals surface area contributed by atoms with Gasteiger partial charge in [-0.3, -0.25) is 4.79 Å². The number of halogens is 2. The van der Waals surface area contributed by atoms with E-state index >= 15 is 0 Å². The highest BCUT2D eigenvalue weighted by atomic mass is 79.9. The SMILES string of the molecule is CC(Cl)C(=O)NCc1cc(Br)cc2c1OCOC2. The van der Waals surface area contributed by atoms with Crippen LogP contribution in [0.15, 0.2) is 16.6 Å². The molecule has 0 bridgehead atoms. The van der Waals surface area contributed by atoms with Crippen LogP contribution >= 0.6 is 27.5 Å². The van der Waals surface area contributed by atoms with Gasteiger partial charge in [0.15, 0.2) is 6.79 Å². The molecule has 1 atom stereocenters. The van der Waals surface area contributed by atoms with Crippen LogP contribution < -0.4 is 10.1 Å². The maximum absolute atomic E-state index is 11.4. The summed E-state index contributed by atoms with van der Waals surface area (Å²) in [6, 6.07) is 3.87. The lowest BCUT2D eigenvalue weighted by molar-refractivity contribution is -0.120. The minimum absolute atomic E-state index is 0.197. The summed E-state index contributed by atoms with van der Waals surface area (Å²) in [4.78, 5) is 11.4. The Morgan fingerprint density at radius 1 is 1.61 bits per heavy atom. The Kier molecular flexibility index (Phi) is 4.48. The fourth-order valence-electron chi connectivity index (χ4n) is 1.71. The molecule has 1 aromatic rings. The van der Waals surface area contributed by atoms with Crippen molar-refractivity contribution in [3.63, 3.8) is 0 Å². The predicted octanol–water partition coefficient (Wildman–Crippen LogP) is 2.56. The van der Waals surface area contributed by atoms with E-state index in [1.54, 1.807) is 6.92 Å². The Morgan fingerprint density at radius 2 is 2.39 bits per heavy atom. The van der Waals surface area contributed by atoms with Crippen molar-refractivity contribution in [3.8, 4) is 5.75 Å². The topological polar surface area (TPSA) is 47.6 Å². The number of alkyl halides is 1.